The van der Waals surface area contributed by atoms with Crippen LogP contribution in [0.2, 0.25) is 0 Å². The zero-order valence-electron chi connectivity index (χ0n) is 7.72. The van der Waals surface area contributed by atoms with Gasteiger partial charge in [0.25, 0.3) is 0 Å². The minimum Gasteiger partial charge on any atom is -0.125 e. The molecule has 0 N–H and O–H groups in total. The van der Waals surface area contributed by atoms with E-state index in [2.05, 4.69) is 50.4 Å². The smallest absolute Gasteiger partial charge is 0.000572 e. The van der Waals surface area contributed by atoms with E-state index >= 15 is 0 Å². The lowest BCUT2D eigenvalue weighted by atomic mass is 10.00. The fourth-order valence-corrected chi connectivity index (χ4v) is 1.32. The Hall–Kier alpha value is -1.26. The van der Waals surface area contributed by atoms with Crippen LogP contribution < -0.4 is 0 Å². The van der Waals surface area contributed by atoms with Gasteiger partial charge in [-0.15, -0.1) is 5.73 Å². The van der Waals surface area contributed by atoms with E-state index in [0.717, 1.165) is 6.42 Å². The second kappa shape index (κ2) is 3.94. The fourth-order valence-electron chi connectivity index (χ4n) is 1.32. The van der Waals surface area contributed by atoms with Crippen LogP contribution in [0.3, 0.4) is 0 Å². The van der Waals surface area contributed by atoms with E-state index in [-0.39, 0.29) is 0 Å². The van der Waals surface area contributed by atoms with E-state index in [0.29, 0.717) is 0 Å². The zero-order chi connectivity index (χ0) is 8.97. The highest BCUT2D eigenvalue weighted by molar-refractivity contribution is 5.66. The van der Waals surface area contributed by atoms with Gasteiger partial charge in [-0.1, -0.05) is 37.8 Å². The van der Waals surface area contributed by atoms with E-state index in [1.54, 1.807) is 0 Å². The summed E-state index contributed by atoms with van der Waals surface area (Å²) in [5, 5.41) is 0. The molecular weight excluding hydrogens is 144 g/mol. The number of hydrogen-bond donors (Lipinski definition) is 0. The largest absolute Gasteiger partial charge is 0.125 e. The first-order valence-electron chi connectivity index (χ1n) is 4.24. The second-order valence-electron chi connectivity index (χ2n) is 2.82. The van der Waals surface area contributed by atoms with Crippen LogP contribution in [0.25, 0.3) is 5.57 Å². The Morgan fingerprint density at radius 2 is 2.08 bits per heavy atom. The lowest BCUT2D eigenvalue weighted by Gasteiger charge is -2.04. The number of hydrogen-bond acceptors (Lipinski definition) is 0. The molecule has 0 nitrogen and oxygen atoms in total. The highest BCUT2D eigenvalue weighted by Gasteiger charge is 1.99. The maximum absolute atomic E-state index is 3.69. The van der Waals surface area contributed by atoms with E-state index < -0.39 is 0 Å². The Balaban J connectivity index is 3.18. The summed E-state index contributed by atoms with van der Waals surface area (Å²) in [5.74, 6) is 0. The summed E-state index contributed by atoms with van der Waals surface area (Å²) < 4.78 is 0. The van der Waals surface area contributed by atoms with Gasteiger partial charge < -0.3 is 0 Å². The molecule has 0 amide bonds. The summed E-state index contributed by atoms with van der Waals surface area (Å²) in [4.78, 5) is 0. The topological polar surface area (TPSA) is 0 Å². The number of rotatable bonds is 2. The van der Waals surface area contributed by atoms with Gasteiger partial charge in [0.2, 0.25) is 0 Å². The van der Waals surface area contributed by atoms with Crippen LogP contribution in [-0.4, -0.2) is 0 Å². The Morgan fingerprint density at radius 3 is 2.58 bits per heavy atom. The van der Waals surface area contributed by atoms with Crippen molar-refractivity contribution in [2.45, 2.75) is 20.3 Å². The quantitative estimate of drug-likeness (QED) is 0.577. The van der Waals surface area contributed by atoms with Gasteiger partial charge in [-0.3, -0.25) is 0 Å². The molecule has 1 aromatic rings. The molecule has 0 fully saturated rings. The Bertz CT molecular complexity index is 315. The Morgan fingerprint density at radius 1 is 1.42 bits per heavy atom. The monoisotopic (exact) mass is 158 g/mol. The molecule has 0 saturated carbocycles. The van der Waals surface area contributed by atoms with E-state index in [1.165, 1.54) is 16.7 Å². The van der Waals surface area contributed by atoms with E-state index in [1.807, 2.05) is 0 Å². The fraction of sp³-hybridized carbons (Fsp3) is 0.250. The van der Waals surface area contributed by atoms with Crippen molar-refractivity contribution in [2.75, 3.05) is 0 Å². The SMILES string of the molecule is C=C=C(CC)c1ccccc1C. The molecule has 0 aliphatic heterocycles. The standard InChI is InChI=1S/C12H14/c1-4-11(5-2)12-9-7-6-8-10(12)3/h6-9H,1,5H2,2-3H3. The third kappa shape index (κ3) is 1.66. The van der Waals surface area contributed by atoms with Crippen LogP contribution in [0, 0.1) is 6.92 Å². The van der Waals surface area contributed by atoms with Crippen LogP contribution in [-0.2, 0) is 0 Å². The minimum atomic E-state index is 0.994. The van der Waals surface area contributed by atoms with Gasteiger partial charge in [0, 0.05) is 5.57 Å². The number of allylic oxidation sites excluding steroid dienone is 1. The third-order valence-electron chi connectivity index (χ3n) is 2.04. The van der Waals surface area contributed by atoms with E-state index in [4.69, 9.17) is 0 Å². The molecular formula is C12H14. The first-order chi connectivity index (χ1) is 5.79. The summed E-state index contributed by atoms with van der Waals surface area (Å²) in [6.45, 7) is 7.93. The molecule has 1 aromatic carbocycles. The van der Waals surface area contributed by atoms with Crippen molar-refractivity contribution in [1.29, 1.82) is 0 Å². The predicted molar refractivity (Wildman–Crippen MR) is 54.0 cm³/mol. The second-order valence-corrected chi connectivity index (χ2v) is 2.82. The van der Waals surface area contributed by atoms with Gasteiger partial charge in [-0.05, 0) is 24.5 Å². The normalized spacial score (nSPS) is 9.17. The third-order valence-corrected chi connectivity index (χ3v) is 2.04. The first-order valence-corrected chi connectivity index (χ1v) is 4.24. The molecule has 0 unspecified atom stereocenters. The van der Waals surface area contributed by atoms with Crippen LogP contribution in [0.1, 0.15) is 24.5 Å². The molecule has 0 atom stereocenters. The maximum atomic E-state index is 3.69. The number of aryl methyl sites for hydroxylation is 1. The molecule has 0 aliphatic rings. The van der Waals surface area contributed by atoms with Crippen molar-refractivity contribution in [3.05, 3.63) is 47.7 Å². The van der Waals surface area contributed by atoms with Crippen LogP contribution in [0.15, 0.2) is 36.6 Å². The molecule has 62 valence electrons. The minimum absolute atomic E-state index is 0.994. The van der Waals surface area contributed by atoms with Gasteiger partial charge in [-0.2, -0.15) is 0 Å². The molecule has 0 aromatic heterocycles. The summed E-state index contributed by atoms with van der Waals surface area (Å²) in [6.07, 6.45) is 0.994. The highest BCUT2D eigenvalue weighted by atomic mass is 14.0. The number of benzene rings is 1. The van der Waals surface area contributed by atoms with Gasteiger partial charge in [-0.25, -0.2) is 0 Å². The lowest BCUT2D eigenvalue weighted by molar-refractivity contribution is 1.23. The zero-order valence-corrected chi connectivity index (χ0v) is 7.72. The Kier molecular flexibility index (Phi) is 2.90. The highest BCUT2D eigenvalue weighted by Crippen LogP contribution is 2.19. The average Bonchev–Trinajstić information content (AvgIpc) is 2.10. The van der Waals surface area contributed by atoms with Crippen LogP contribution in [0.5, 0.6) is 0 Å². The average molecular weight is 158 g/mol. The summed E-state index contributed by atoms with van der Waals surface area (Å²) in [6, 6.07) is 8.33. The molecule has 0 bridgehead atoms. The lowest BCUT2D eigenvalue weighted by Crippen LogP contribution is -1.85. The van der Waals surface area contributed by atoms with E-state index in [9.17, 15) is 0 Å². The van der Waals surface area contributed by atoms with Crippen LogP contribution in [0.4, 0.5) is 0 Å². The first kappa shape index (κ1) is 8.83. The molecule has 0 spiro atoms. The van der Waals surface area contributed by atoms with Crippen molar-refractivity contribution in [1.82, 2.24) is 0 Å². The van der Waals surface area contributed by atoms with Crippen molar-refractivity contribution in [2.24, 2.45) is 0 Å². The van der Waals surface area contributed by atoms with Gasteiger partial charge >= 0.3 is 0 Å². The van der Waals surface area contributed by atoms with Crippen molar-refractivity contribution in [3.63, 3.8) is 0 Å². The van der Waals surface area contributed by atoms with Gasteiger partial charge in [0.05, 0.1) is 0 Å². The molecule has 12 heavy (non-hydrogen) atoms. The molecule has 0 heteroatoms. The Labute approximate surface area is 74.2 Å². The summed E-state index contributed by atoms with van der Waals surface area (Å²) >= 11 is 0. The van der Waals surface area contributed by atoms with Crippen LogP contribution >= 0.6 is 0 Å². The maximum Gasteiger partial charge on any atom is 0.000572 e. The molecule has 1 rings (SSSR count). The predicted octanol–water partition coefficient (Wildman–Crippen LogP) is 3.57. The molecule has 0 aliphatic carbocycles. The van der Waals surface area contributed by atoms with Crippen molar-refractivity contribution >= 4 is 5.57 Å². The molecule has 0 radical (unpaired) electrons. The van der Waals surface area contributed by atoms with Gasteiger partial charge in [0.15, 0.2) is 0 Å². The van der Waals surface area contributed by atoms with Gasteiger partial charge in [0.1, 0.15) is 0 Å². The van der Waals surface area contributed by atoms with Crippen molar-refractivity contribution in [3.8, 4) is 0 Å². The van der Waals surface area contributed by atoms with Crippen molar-refractivity contribution < 1.29 is 0 Å². The molecule has 0 saturated heterocycles. The molecule has 0 heterocycles. The summed E-state index contributed by atoms with van der Waals surface area (Å²) in [7, 11) is 0. The summed E-state index contributed by atoms with van der Waals surface area (Å²) in [5.41, 5.74) is 6.75.